The van der Waals surface area contributed by atoms with Crippen molar-refractivity contribution in [3.05, 3.63) is 58.3 Å². The molecule has 0 aromatic heterocycles. The van der Waals surface area contributed by atoms with Gasteiger partial charge in [-0.1, -0.05) is 12.1 Å². The van der Waals surface area contributed by atoms with Gasteiger partial charge < -0.3 is 10.4 Å². The Morgan fingerprint density at radius 1 is 1.12 bits per heavy atom. The average Bonchev–Trinajstić information content (AvgIpc) is 2.32. The van der Waals surface area contributed by atoms with E-state index in [-0.39, 0.29) is 11.6 Å². The summed E-state index contributed by atoms with van der Waals surface area (Å²) in [6.07, 6.45) is 0. The Balaban J connectivity index is 2.07. The van der Waals surface area contributed by atoms with Crippen LogP contribution in [0.25, 0.3) is 0 Å². The monoisotopic (exact) mass is 295 g/mol. The number of nitrogens with one attached hydrogen (secondary N) is 1. The van der Waals surface area contributed by atoms with Crippen molar-refractivity contribution in [2.75, 3.05) is 5.32 Å². The van der Waals surface area contributed by atoms with E-state index in [1.54, 1.807) is 18.2 Å². The van der Waals surface area contributed by atoms with Gasteiger partial charge in [-0.15, -0.1) is 0 Å². The maximum atomic E-state index is 13.0. The number of halogens is 2. The highest BCUT2D eigenvalue weighted by Crippen LogP contribution is 2.23. The molecule has 2 aromatic rings. The molecular formula is C13H11BrFNO. The molecule has 0 spiro atoms. The van der Waals surface area contributed by atoms with Gasteiger partial charge in [-0.3, -0.25) is 0 Å². The van der Waals surface area contributed by atoms with E-state index < -0.39 is 0 Å². The third-order valence-corrected chi connectivity index (χ3v) is 3.04. The van der Waals surface area contributed by atoms with Crippen LogP contribution in [0.15, 0.2) is 46.9 Å². The summed E-state index contributed by atoms with van der Waals surface area (Å²) in [6.45, 7) is 0.572. The molecule has 2 aromatic carbocycles. The third-order valence-electron chi connectivity index (χ3n) is 2.35. The van der Waals surface area contributed by atoms with Gasteiger partial charge in [-0.2, -0.15) is 0 Å². The fourth-order valence-electron chi connectivity index (χ4n) is 1.44. The lowest BCUT2D eigenvalue weighted by Crippen LogP contribution is -2.00. The molecule has 0 heterocycles. The normalized spacial score (nSPS) is 10.2. The van der Waals surface area contributed by atoms with Crippen LogP contribution in [0.4, 0.5) is 10.1 Å². The molecule has 4 heteroatoms. The SMILES string of the molecule is Oc1ccc(CNc2cc(F)ccc2Br)cc1. The van der Waals surface area contributed by atoms with E-state index in [0.717, 1.165) is 10.0 Å². The Bertz CT molecular complexity index is 513. The number of benzene rings is 2. The first-order valence-corrected chi connectivity index (χ1v) is 5.91. The lowest BCUT2D eigenvalue weighted by atomic mass is 10.2. The highest BCUT2D eigenvalue weighted by Gasteiger charge is 2.01. The molecule has 2 rings (SSSR count). The third kappa shape index (κ3) is 3.20. The average molecular weight is 296 g/mol. The molecule has 0 unspecified atom stereocenters. The maximum absolute atomic E-state index is 13.0. The molecule has 0 aliphatic carbocycles. The van der Waals surface area contributed by atoms with Gasteiger partial charge in [0.25, 0.3) is 0 Å². The van der Waals surface area contributed by atoms with Gasteiger partial charge in [0.05, 0.1) is 5.69 Å². The number of anilines is 1. The molecule has 0 saturated heterocycles. The maximum Gasteiger partial charge on any atom is 0.125 e. The number of rotatable bonds is 3. The van der Waals surface area contributed by atoms with Crippen LogP contribution in [-0.4, -0.2) is 5.11 Å². The van der Waals surface area contributed by atoms with Crippen molar-refractivity contribution < 1.29 is 9.50 Å². The van der Waals surface area contributed by atoms with Crippen molar-refractivity contribution in [2.24, 2.45) is 0 Å². The zero-order chi connectivity index (χ0) is 12.3. The van der Waals surface area contributed by atoms with Gasteiger partial charge in [-0.05, 0) is 51.8 Å². The van der Waals surface area contributed by atoms with Gasteiger partial charge in [-0.25, -0.2) is 4.39 Å². The van der Waals surface area contributed by atoms with E-state index in [2.05, 4.69) is 21.2 Å². The van der Waals surface area contributed by atoms with Crippen molar-refractivity contribution >= 4 is 21.6 Å². The Kier molecular flexibility index (Phi) is 3.64. The minimum absolute atomic E-state index is 0.237. The van der Waals surface area contributed by atoms with Crippen LogP contribution < -0.4 is 5.32 Å². The summed E-state index contributed by atoms with van der Waals surface area (Å²) >= 11 is 3.35. The largest absolute Gasteiger partial charge is 0.508 e. The van der Waals surface area contributed by atoms with Crippen LogP contribution in [-0.2, 0) is 6.54 Å². The highest BCUT2D eigenvalue weighted by atomic mass is 79.9. The van der Waals surface area contributed by atoms with Crippen molar-refractivity contribution in [3.8, 4) is 5.75 Å². The number of hydrogen-bond donors (Lipinski definition) is 2. The van der Waals surface area contributed by atoms with E-state index in [1.807, 2.05) is 12.1 Å². The Labute approximate surface area is 107 Å². The number of aromatic hydroxyl groups is 1. The highest BCUT2D eigenvalue weighted by molar-refractivity contribution is 9.10. The van der Waals surface area contributed by atoms with Crippen LogP contribution in [0.2, 0.25) is 0 Å². The molecule has 2 N–H and O–H groups in total. The number of phenols is 1. The summed E-state index contributed by atoms with van der Waals surface area (Å²) in [5.41, 5.74) is 1.72. The van der Waals surface area contributed by atoms with Gasteiger partial charge in [0.1, 0.15) is 11.6 Å². The van der Waals surface area contributed by atoms with Crippen LogP contribution in [0.5, 0.6) is 5.75 Å². The Hall–Kier alpha value is -1.55. The van der Waals surface area contributed by atoms with Gasteiger partial charge in [0.15, 0.2) is 0 Å². The van der Waals surface area contributed by atoms with Crippen molar-refractivity contribution in [2.45, 2.75) is 6.54 Å². The zero-order valence-electron chi connectivity index (χ0n) is 8.95. The summed E-state index contributed by atoms with van der Waals surface area (Å²) in [7, 11) is 0. The predicted octanol–water partition coefficient (Wildman–Crippen LogP) is 3.91. The summed E-state index contributed by atoms with van der Waals surface area (Å²) in [5.74, 6) is -0.0397. The van der Waals surface area contributed by atoms with Gasteiger partial charge in [0, 0.05) is 11.0 Å². The summed E-state index contributed by atoms with van der Waals surface area (Å²) in [5, 5.41) is 12.3. The number of phenolic OH excluding ortho intramolecular Hbond substituents is 1. The molecule has 17 heavy (non-hydrogen) atoms. The molecule has 0 radical (unpaired) electrons. The molecule has 88 valence electrons. The lowest BCUT2D eigenvalue weighted by molar-refractivity contribution is 0.475. The topological polar surface area (TPSA) is 32.3 Å². The first-order chi connectivity index (χ1) is 8.15. The quantitative estimate of drug-likeness (QED) is 0.900. The second kappa shape index (κ2) is 5.19. The van der Waals surface area contributed by atoms with E-state index in [1.165, 1.54) is 12.1 Å². The van der Waals surface area contributed by atoms with E-state index >= 15 is 0 Å². The molecular weight excluding hydrogens is 285 g/mol. The fourth-order valence-corrected chi connectivity index (χ4v) is 1.83. The second-order valence-electron chi connectivity index (χ2n) is 3.64. The second-order valence-corrected chi connectivity index (χ2v) is 4.50. The molecule has 0 saturated carbocycles. The summed E-state index contributed by atoms with van der Waals surface area (Å²) < 4.78 is 13.8. The molecule has 0 aliphatic heterocycles. The molecule has 0 bridgehead atoms. The molecule has 0 amide bonds. The summed E-state index contributed by atoms with van der Waals surface area (Å²) in [6, 6.07) is 11.4. The Morgan fingerprint density at radius 2 is 1.82 bits per heavy atom. The van der Waals surface area contributed by atoms with Crippen LogP contribution in [0.1, 0.15) is 5.56 Å². The fraction of sp³-hybridized carbons (Fsp3) is 0.0769. The van der Waals surface area contributed by atoms with Gasteiger partial charge in [0.2, 0.25) is 0 Å². The lowest BCUT2D eigenvalue weighted by Gasteiger charge is -2.08. The smallest absolute Gasteiger partial charge is 0.125 e. The van der Waals surface area contributed by atoms with Gasteiger partial charge >= 0.3 is 0 Å². The van der Waals surface area contributed by atoms with Crippen molar-refractivity contribution in [3.63, 3.8) is 0 Å². The predicted molar refractivity (Wildman–Crippen MR) is 69.5 cm³/mol. The van der Waals surface area contributed by atoms with Crippen LogP contribution in [0.3, 0.4) is 0 Å². The molecule has 0 atom stereocenters. The van der Waals surface area contributed by atoms with Crippen molar-refractivity contribution in [1.29, 1.82) is 0 Å². The standard InChI is InChI=1S/C13H11BrFNO/c14-12-6-3-10(15)7-13(12)16-8-9-1-4-11(17)5-2-9/h1-7,16-17H,8H2. The number of hydrogen-bond acceptors (Lipinski definition) is 2. The van der Waals surface area contributed by atoms with E-state index in [9.17, 15) is 4.39 Å². The van der Waals surface area contributed by atoms with E-state index in [4.69, 9.17) is 5.11 Å². The van der Waals surface area contributed by atoms with Crippen LogP contribution in [0, 0.1) is 5.82 Å². The van der Waals surface area contributed by atoms with Crippen molar-refractivity contribution in [1.82, 2.24) is 0 Å². The minimum atomic E-state index is -0.276. The van der Waals surface area contributed by atoms with E-state index in [0.29, 0.717) is 12.2 Å². The Morgan fingerprint density at radius 3 is 2.53 bits per heavy atom. The molecule has 0 fully saturated rings. The summed E-state index contributed by atoms with van der Waals surface area (Å²) in [4.78, 5) is 0. The molecule has 0 aliphatic rings. The zero-order valence-corrected chi connectivity index (χ0v) is 10.5. The minimum Gasteiger partial charge on any atom is -0.508 e. The first-order valence-electron chi connectivity index (χ1n) is 5.12. The molecule has 2 nitrogen and oxygen atoms in total. The van der Waals surface area contributed by atoms with Crippen LogP contribution >= 0.6 is 15.9 Å². The first kappa shape index (κ1) is 11.9.